The van der Waals surface area contributed by atoms with E-state index in [2.05, 4.69) is 41.7 Å². The van der Waals surface area contributed by atoms with Gasteiger partial charge in [0, 0.05) is 54.4 Å². The van der Waals surface area contributed by atoms with E-state index in [0.717, 1.165) is 37.3 Å². The molecule has 5 nitrogen and oxygen atoms in total. The highest BCUT2D eigenvalue weighted by Gasteiger charge is 2.28. The Labute approximate surface area is 156 Å². The summed E-state index contributed by atoms with van der Waals surface area (Å²) in [4.78, 5) is 19.1. The van der Waals surface area contributed by atoms with Gasteiger partial charge in [-0.05, 0) is 65.1 Å². The highest BCUT2D eigenvalue weighted by atomic mass is 15.2. The quantitative estimate of drug-likeness (QED) is 0.845. The molecule has 2 aromatic heterocycles. The maximum absolute atomic E-state index is 5.00. The van der Waals surface area contributed by atoms with Crippen LogP contribution < -0.4 is 4.90 Å². The zero-order valence-corrected chi connectivity index (χ0v) is 16.1. The molecule has 1 fully saturated rings. The van der Waals surface area contributed by atoms with Crippen LogP contribution in [0.15, 0.2) is 24.5 Å². The first-order valence-corrected chi connectivity index (χ1v) is 9.90. The van der Waals surface area contributed by atoms with E-state index in [1.807, 2.05) is 12.3 Å². The number of anilines is 1. The SMILES string of the molecule is CC(C)N(C)C1CCN(c2nc(-c3cccnc3)nc3c2CCC3)CC1. The second-order valence-corrected chi connectivity index (χ2v) is 7.87. The molecule has 0 radical (unpaired) electrons. The van der Waals surface area contributed by atoms with E-state index in [4.69, 9.17) is 9.97 Å². The molecule has 0 N–H and O–H groups in total. The van der Waals surface area contributed by atoms with Gasteiger partial charge in [-0.1, -0.05) is 0 Å². The molecule has 26 heavy (non-hydrogen) atoms. The second-order valence-electron chi connectivity index (χ2n) is 7.87. The summed E-state index contributed by atoms with van der Waals surface area (Å²) < 4.78 is 0. The minimum Gasteiger partial charge on any atom is -0.356 e. The lowest BCUT2D eigenvalue weighted by atomic mass is 10.0. The van der Waals surface area contributed by atoms with Crippen LogP contribution in [0.1, 0.15) is 44.4 Å². The fourth-order valence-corrected chi connectivity index (χ4v) is 4.20. The van der Waals surface area contributed by atoms with Crippen molar-refractivity contribution in [1.29, 1.82) is 0 Å². The number of nitrogens with zero attached hydrogens (tertiary/aromatic N) is 5. The molecule has 5 heteroatoms. The lowest BCUT2D eigenvalue weighted by Gasteiger charge is -2.39. The van der Waals surface area contributed by atoms with Gasteiger partial charge >= 0.3 is 0 Å². The van der Waals surface area contributed by atoms with E-state index in [1.54, 1.807) is 6.20 Å². The largest absolute Gasteiger partial charge is 0.356 e. The van der Waals surface area contributed by atoms with Crippen LogP contribution in [0, 0.1) is 0 Å². The van der Waals surface area contributed by atoms with Crippen molar-refractivity contribution >= 4 is 5.82 Å². The van der Waals surface area contributed by atoms with Gasteiger partial charge in [0.1, 0.15) is 5.82 Å². The average Bonchev–Trinajstić information content (AvgIpc) is 3.16. The topological polar surface area (TPSA) is 45.2 Å². The van der Waals surface area contributed by atoms with Gasteiger partial charge in [0.05, 0.1) is 0 Å². The Morgan fingerprint density at radius 1 is 1.15 bits per heavy atom. The Hall–Kier alpha value is -2.01. The van der Waals surface area contributed by atoms with Gasteiger partial charge < -0.3 is 9.80 Å². The first-order chi connectivity index (χ1) is 12.6. The number of aryl methyl sites for hydroxylation is 1. The van der Waals surface area contributed by atoms with Gasteiger partial charge in [0.25, 0.3) is 0 Å². The molecule has 0 bridgehead atoms. The van der Waals surface area contributed by atoms with E-state index >= 15 is 0 Å². The van der Waals surface area contributed by atoms with E-state index < -0.39 is 0 Å². The monoisotopic (exact) mass is 351 g/mol. The van der Waals surface area contributed by atoms with E-state index in [1.165, 1.54) is 36.3 Å². The van der Waals surface area contributed by atoms with Crippen molar-refractivity contribution in [2.75, 3.05) is 25.0 Å². The Balaban J connectivity index is 1.60. The standard InChI is InChI=1S/C21H29N5/c1-15(2)25(3)17-9-12-26(13-10-17)21-18-7-4-8-19(18)23-20(24-21)16-6-5-11-22-14-16/h5-6,11,14-15,17H,4,7-10,12-13H2,1-3H3. The summed E-state index contributed by atoms with van der Waals surface area (Å²) >= 11 is 0. The van der Waals surface area contributed by atoms with Crippen LogP contribution in [0.3, 0.4) is 0 Å². The molecule has 2 aliphatic rings. The van der Waals surface area contributed by atoms with Crippen molar-refractivity contribution in [3.8, 4) is 11.4 Å². The molecule has 0 amide bonds. The third-order valence-electron chi connectivity index (χ3n) is 5.99. The summed E-state index contributed by atoms with van der Waals surface area (Å²) in [5, 5.41) is 0. The van der Waals surface area contributed by atoms with E-state index in [0.29, 0.717) is 12.1 Å². The van der Waals surface area contributed by atoms with Gasteiger partial charge in [0.2, 0.25) is 0 Å². The zero-order chi connectivity index (χ0) is 18.1. The average molecular weight is 351 g/mol. The minimum absolute atomic E-state index is 0.604. The number of hydrogen-bond acceptors (Lipinski definition) is 5. The van der Waals surface area contributed by atoms with Crippen LogP contribution in [0.4, 0.5) is 5.82 Å². The number of rotatable bonds is 4. The third kappa shape index (κ3) is 3.32. The minimum atomic E-state index is 0.604. The molecular weight excluding hydrogens is 322 g/mol. The molecule has 0 spiro atoms. The molecule has 3 heterocycles. The Kier molecular flexibility index (Phi) is 4.90. The lowest BCUT2D eigenvalue weighted by molar-refractivity contribution is 0.168. The predicted octanol–water partition coefficient (Wildman–Crippen LogP) is 3.34. The smallest absolute Gasteiger partial charge is 0.163 e. The van der Waals surface area contributed by atoms with Crippen LogP contribution in [0.25, 0.3) is 11.4 Å². The van der Waals surface area contributed by atoms with Crippen LogP contribution >= 0.6 is 0 Å². The van der Waals surface area contributed by atoms with Gasteiger partial charge in [-0.3, -0.25) is 4.98 Å². The van der Waals surface area contributed by atoms with Crippen molar-refractivity contribution in [2.24, 2.45) is 0 Å². The first-order valence-electron chi connectivity index (χ1n) is 9.90. The van der Waals surface area contributed by atoms with Gasteiger partial charge in [0.15, 0.2) is 5.82 Å². The van der Waals surface area contributed by atoms with Crippen LogP contribution in [-0.4, -0.2) is 52.1 Å². The van der Waals surface area contributed by atoms with Crippen LogP contribution in [0.5, 0.6) is 0 Å². The number of aromatic nitrogens is 3. The summed E-state index contributed by atoms with van der Waals surface area (Å²) in [6.45, 7) is 6.73. The van der Waals surface area contributed by atoms with Gasteiger partial charge in [-0.2, -0.15) is 0 Å². The summed E-state index contributed by atoms with van der Waals surface area (Å²) in [6.07, 6.45) is 9.46. The van der Waals surface area contributed by atoms with Gasteiger partial charge in [-0.15, -0.1) is 0 Å². The normalized spacial score (nSPS) is 18.0. The van der Waals surface area contributed by atoms with Crippen molar-refractivity contribution in [3.63, 3.8) is 0 Å². The Bertz CT molecular complexity index is 750. The maximum Gasteiger partial charge on any atom is 0.163 e. The Morgan fingerprint density at radius 3 is 2.65 bits per heavy atom. The highest BCUT2D eigenvalue weighted by Crippen LogP contribution is 2.33. The van der Waals surface area contributed by atoms with E-state index in [9.17, 15) is 0 Å². The molecule has 2 aromatic rings. The molecule has 138 valence electrons. The first kappa shape index (κ1) is 17.4. The summed E-state index contributed by atoms with van der Waals surface area (Å²) in [5.74, 6) is 2.01. The second kappa shape index (κ2) is 7.31. The number of piperidine rings is 1. The summed E-state index contributed by atoms with van der Waals surface area (Å²) in [7, 11) is 2.26. The summed E-state index contributed by atoms with van der Waals surface area (Å²) in [6, 6.07) is 5.29. The highest BCUT2D eigenvalue weighted by molar-refractivity contribution is 5.61. The molecule has 1 saturated heterocycles. The van der Waals surface area contributed by atoms with Crippen molar-refractivity contribution < 1.29 is 0 Å². The Morgan fingerprint density at radius 2 is 1.96 bits per heavy atom. The third-order valence-corrected chi connectivity index (χ3v) is 5.99. The summed E-state index contributed by atoms with van der Waals surface area (Å²) in [5.41, 5.74) is 3.64. The zero-order valence-electron chi connectivity index (χ0n) is 16.1. The fourth-order valence-electron chi connectivity index (χ4n) is 4.20. The molecule has 1 aliphatic carbocycles. The van der Waals surface area contributed by atoms with Gasteiger partial charge in [-0.25, -0.2) is 9.97 Å². The lowest BCUT2D eigenvalue weighted by Crippen LogP contribution is -2.46. The molecular formula is C21H29N5. The van der Waals surface area contributed by atoms with Crippen molar-refractivity contribution in [3.05, 3.63) is 35.8 Å². The number of pyridine rings is 1. The van der Waals surface area contributed by atoms with Crippen molar-refractivity contribution in [2.45, 2.75) is 58.0 Å². The maximum atomic E-state index is 5.00. The molecule has 0 atom stereocenters. The van der Waals surface area contributed by atoms with Crippen LogP contribution in [-0.2, 0) is 12.8 Å². The molecule has 0 aromatic carbocycles. The molecule has 1 aliphatic heterocycles. The van der Waals surface area contributed by atoms with Crippen molar-refractivity contribution in [1.82, 2.24) is 19.9 Å². The molecule has 4 rings (SSSR count). The predicted molar refractivity (Wildman–Crippen MR) is 105 cm³/mol. The number of hydrogen-bond donors (Lipinski definition) is 0. The number of fused-ring (bicyclic) bond motifs is 1. The fraction of sp³-hybridized carbons (Fsp3) is 0.571. The van der Waals surface area contributed by atoms with E-state index in [-0.39, 0.29) is 0 Å². The van der Waals surface area contributed by atoms with Crippen LogP contribution in [0.2, 0.25) is 0 Å². The molecule has 0 saturated carbocycles. The molecule has 0 unspecified atom stereocenters.